The van der Waals surface area contributed by atoms with Gasteiger partial charge in [0.1, 0.15) is 0 Å². The Morgan fingerprint density at radius 2 is 2.00 bits per heavy atom. The number of amides is 1. The first kappa shape index (κ1) is 15.9. The van der Waals surface area contributed by atoms with Crippen molar-refractivity contribution in [3.05, 3.63) is 17.2 Å². The Bertz CT molecular complexity index is 522. The van der Waals surface area contributed by atoms with Gasteiger partial charge in [-0.05, 0) is 26.3 Å². The molecule has 1 aliphatic rings. The van der Waals surface area contributed by atoms with E-state index in [-0.39, 0.29) is 11.8 Å². The zero-order valence-corrected chi connectivity index (χ0v) is 13.3. The first-order valence-corrected chi connectivity index (χ1v) is 7.38. The molecule has 0 spiro atoms. The van der Waals surface area contributed by atoms with E-state index in [9.17, 15) is 4.79 Å². The molecule has 21 heavy (non-hydrogen) atoms. The molecule has 1 saturated heterocycles. The number of hydrogen-bond acceptors (Lipinski definition) is 4. The van der Waals surface area contributed by atoms with E-state index in [4.69, 9.17) is 21.1 Å². The Balaban J connectivity index is 2.13. The lowest BCUT2D eigenvalue weighted by atomic mass is 9.92. The van der Waals surface area contributed by atoms with Gasteiger partial charge in [-0.1, -0.05) is 11.6 Å². The molecule has 0 saturated carbocycles. The smallest absolute Gasteiger partial charge is 0.227 e. The van der Waals surface area contributed by atoms with Gasteiger partial charge in [0.25, 0.3) is 0 Å². The van der Waals surface area contributed by atoms with Crippen LogP contribution in [0.25, 0.3) is 0 Å². The highest BCUT2D eigenvalue weighted by Crippen LogP contribution is 2.36. The van der Waals surface area contributed by atoms with Gasteiger partial charge in [-0.2, -0.15) is 0 Å². The molecule has 1 aliphatic heterocycles. The SMILES string of the molecule is COc1cc(Cl)c(NC(=O)C2CCNC(C)C2)cc1OC. The summed E-state index contributed by atoms with van der Waals surface area (Å²) in [4.78, 5) is 12.3. The molecule has 1 fully saturated rings. The van der Waals surface area contributed by atoms with Crippen molar-refractivity contribution < 1.29 is 14.3 Å². The number of halogens is 1. The minimum atomic E-state index is -0.00234. The van der Waals surface area contributed by atoms with E-state index in [1.807, 2.05) is 0 Å². The Hall–Kier alpha value is -1.46. The maximum Gasteiger partial charge on any atom is 0.227 e. The van der Waals surface area contributed by atoms with Crippen LogP contribution in [0, 0.1) is 5.92 Å². The molecule has 1 amide bonds. The van der Waals surface area contributed by atoms with Gasteiger partial charge < -0.3 is 20.1 Å². The number of rotatable bonds is 4. The Morgan fingerprint density at radius 3 is 2.62 bits per heavy atom. The minimum Gasteiger partial charge on any atom is -0.493 e. The van der Waals surface area contributed by atoms with E-state index in [1.165, 1.54) is 0 Å². The van der Waals surface area contributed by atoms with Gasteiger partial charge in [-0.3, -0.25) is 4.79 Å². The predicted molar refractivity (Wildman–Crippen MR) is 83.4 cm³/mol. The number of ether oxygens (including phenoxy) is 2. The summed E-state index contributed by atoms with van der Waals surface area (Å²) in [6.45, 7) is 2.95. The third-order valence-electron chi connectivity index (χ3n) is 3.73. The van der Waals surface area contributed by atoms with Crippen molar-refractivity contribution in [2.75, 3.05) is 26.1 Å². The average Bonchev–Trinajstić information content (AvgIpc) is 2.48. The van der Waals surface area contributed by atoms with Gasteiger partial charge in [0, 0.05) is 24.1 Å². The molecular weight excluding hydrogens is 292 g/mol. The summed E-state index contributed by atoms with van der Waals surface area (Å²) in [5.41, 5.74) is 0.547. The molecule has 2 atom stereocenters. The third kappa shape index (κ3) is 3.80. The van der Waals surface area contributed by atoms with Gasteiger partial charge in [0.15, 0.2) is 11.5 Å². The highest BCUT2D eigenvalue weighted by Gasteiger charge is 2.25. The molecule has 2 unspecified atom stereocenters. The molecule has 0 bridgehead atoms. The molecule has 0 aromatic heterocycles. The Morgan fingerprint density at radius 1 is 1.33 bits per heavy atom. The second kappa shape index (κ2) is 7.00. The maximum atomic E-state index is 12.3. The van der Waals surface area contributed by atoms with E-state index in [0.29, 0.717) is 28.3 Å². The van der Waals surface area contributed by atoms with E-state index < -0.39 is 0 Å². The van der Waals surface area contributed by atoms with E-state index in [1.54, 1.807) is 26.4 Å². The van der Waals surface area contributed by atoms with Crippen LogP contribution in [-0.4, -0.2) is 32.7 Å². The molecule has 0 aliphatic carbocycles. The fraction of sp³-hybridized carbons (Fsp3) is 0.533. The monoisotopic (exact) mass is 312 g/mol. The third-order valence-corrected chi connectivity index (χ3v) is 4.04. The normalized spacial score (nSPS) is 21.7. The zero-order valence-electron chi connectivity index (χ0n) is 12.5. The van der Waals surface area contributed by atoms with Crippen LogP contribution in [0.15, 0.2) is 12.1 Å². The molecule has 1 aromatic carbocycles. The lowest BCUT2D eigenvalue weighted by Crippen LogP contribution is -2.40. The summed E-state index contributed by atoms with van der Waals surface area (Å²) in [5, 5.41) is 6.66. The summed E-state index contributed by atoms with van der Waals surface area (Å²) < 4.78 is 10.4. The number of nitrogens with one attached hydrogen (secondary N) is 2. The van der Waals surface area contributed by atoms with Crippen molar-refractivity contribution in [2.45, 2.75) is 25.8 Å². The van der Waals surface area contributed by atoms with E-state index in [0.717, 1.165) is 19.4 Å². The standard InChI is InChI=1S/C15H21ClN2O3/c1-9-6-10(4-5-17-9)15(19)18-12-8-14(21-3)13(20-2)7-11(12)16/h7-10,17H,4-6H2,1-3H3,(H,18,19). The van der Waals surface area contributed by atoms with Crippen LogP contribution < -0.4 is 20.1 Å². The average molecular weight is 313 g/mol. The lowest BCUT2D eigenvalue weighted by Gasteiger charge is -2.27. The fourth-order valence-electron chi connectivity index (χ4n) is 2.55. The highest BCUT2D eigenvalue weighted by atomic mass is 35.5. The maximum absolute atomic E-state index is 12.3. The molecule has 0 radical (unpaired) electrons. The van der Waals surface area contributed by atoms with Crippen LogP contribution >= 0.6 is 11.6 Å². The number of methoxy groups -OCH3 is 2. The largest absolute Gasteiger partial charge is 0.493 e. The van der Waals surface area contributed by atoms with Crippen LogP contribution in [0.1, 0.15) is 19.8 Å². The fourth-order valence-corrected chi connectivity index (χ4v) is 2.76. The molecule has 2 N–H and O–H groups in total. The zero-order chi connectivity index (χ0) is 15.4. The van der Waals surface area contributed by atoms with Crippen molar-refractivity contribution in [2.24, 2.45) is 5.92 Å². The Kier molecular flexibility index (Phi) is 5.31. The minimum absolute atomic E-state index is 0.00234. The molecule has 116 valence electrons. The van der Waals surface area contributed by atoms with E-state index >= 15 is 0 Å². The molecule has 5 nitrogen and oxygen atoms in total. The number of benzene rings is 1. The van der Waals surface area contributed by atoms with E-state index in [2.05, 4.69) is 17.6 Å². The van der Waals surface area contributed by atoms with Gasteiger partial charge in [0.2, 0.25) is 5.91 Å². The van der Waals surface area contributed by atoms with Crippen LogP contribution in [0.4, 0.5) is 5.69 Å². The van der Waals surface area contributed by atoms with Crippen LogP contribution in [0.2, 0.25) is 5.02 Å². The summed E-state index contributed by atoms with van der Waals surface area (Å²) in [5.74, 6) is 1.08. The summed E-state index contributed by atoms with van der Waals surface area (Å²) in [6, 6.07) is 3.68. The molecule has 1 heterocycles. The molecule has 6 heteroatoms. The number of anilines is 1. The van der Waals surface area contributed by atoms with Crippen molar-refractivity contribution in [3.63, 3.8) is 0 Å². The predicted octanol–water partition coefficient (Wildman–Crippen LogP) is 2.68. The number of piperidine rings is 1. The van der Waals surface area contributed by atoms with Crippen molar-refractivity contribution in [1.29, 1.82) is 0 Å². The number of hydrogen-bond donors (Lipinski definition) is 2. The lowest BCUT2D eigenvalue weighted by molar-refractivity contribution is -0.120. The van der Waals surface area contributed by atoms with Gasteiger partial charge in [0.05, 0.1) is 24.9 Å². The van der Waals surface area contributed by atoms with Crippen LogP contribution in [0.3, 0.4) is 0 Å². The Labute approximate surface area is 130 Å². The van der Waals surface area contributed by atoms with Crippen molar-refractivity contribution in [3.8, 4) is 11.5 Å². The van der Waals surface area contributed by atoms with Gasteiger partial charge in [-0.15, -0.1) is 0 Å². The second-order valence-corrected chi connectivity index (χ2v) is 5.66. The summed E-state index contributed by atoms with van der Waals surface area (Å²) in [7, 11) is 3.09. The summed E-state index contributed by atoms with van der Waals surface area (Å²) in [6.07, 6.45) is 1.66. The first-order valence-electron chi connectivity index (χ1n) is 7.01. The number of carbonyl (C=O) groups excluding carboxylic acids is 1. The van der Waals surface area contributed by atoms with Crippen LogP contribution in [0.5, 0.6) is 11.5 Å². The summed E-state index contributed by atoms with van der Waals surface area (Å²) >= 11 is 6.19. The highest BCUT2D eigenvalue weighted by molar-refractivity contribution is 6.34. The molecule has 2 rings (SSSR count). The quantitative estimate of drug-likeness (QED) is 0.897. The molecule has 1 aromatic rings. The first-order chi connectivity index (χ1) is 10.0. The van der Waals surface area contributed by atoms with Gasteiger partial charge >= 0.3 is 0 Å². The van der Waals surface area contributed by atoms with Gasteiger partial charge in [-0.25, -0.2) is 0 Å². The topological polar surface area (TPSA) is 59.6 Å². The number of carbonyl (C=O) groups is 1. The van der Waals surface area contributed by atoms with Crippen molar-refractivity contribution >= 4 is 23.2 Å². The second-order valence-electron chi connectivity index (χ2n) is 5.25. The molecular formula is C15H21ClN2O3. The van der Waals surface area contributed by atoms with Crippen LogP contribution in [-0.2, 0) is 4.79 Å². The van der Waals surface area contributed by atoms with Crippen molar-refractivity contribution in [1.82, 2.24) is 5.32 Å².